The topological polar surface area (TPSA) is 38.9 Å². The van der Waals surface area contributed by atoms with E-state index in [1.54, 1.807) is 11.8 Å². The molecule has 5 aromatic rings. The van der Waals surface area contributed by atoms with Crippen molar-refractivity contribution < 1.29 is 4.42 Å². The molecule has 0 saturated heterocycles. The second-order valence-electron chi connectivity index (χ2n) is 7.09. The van der Waals surface area contributed by atoms with Crippen molar-refractivity contribution in [3.05, 3.63) is 126 Å². The van der Waals surface area contributed by atoms with Crippen LogP contribution >= 0.6 is 11.8 Å². The first-order chi connectivity index (χ1) is 14.9. The molecule has 4 aromatic carbocycles. The van der Waals surface area contributed by atoms with Gasteiger partial charge >= 0.3 is 0 Å². The summed E-state index contributed by atoms with van der Waals surface area (Å²) in [6, 6.07) is 35.4. The smallest absolute Gasteiger partial charge is 0.276 e. The summed E-state index contributed by atoms with van der Waals surface area (Å²) in [6.45, 7) is 0. The predicted molar refractivity (Wildman–Crippen MR) is 122 cm³/mol. The summed E-state index contributed by atoms with van der Waals surface area (Å²) in [5.74, 6) is 1.32. The number of aromatic nitrogens is 2. The van der Waals surface area contributed by atoms with Crippen molar-refractivity contribution in [2.24, 2.45) is 0 Å². The lowest BCUT2D eigenvalue weighted by atomic mass is 9.91. The molecule has 146 valence electrons. The number of hydrogen-bond acceptors (Lipinski definition) is 4. The van der Waals surface area contributed by atoms with Gasteiger partial charge in [0.2, 0.25) is 5.89 Å². The maximum atomic E-state index is 6.13. The fourth-order valence-corrected chi connectivity index (χ4v) is 4.50. The predicted octanol–water partition coefficient (Wildman–Crippen LogP) is 6.70. The van der Waals surface area contributed by atoms with E-state index < -0.39 is 0 Å². The normalized spacial score (nSPS) is 11.2. The van der Waals surface area contributed by atoms with Gasteiger partial charge in [0.25, 0.3) is 5.22 Å². The standard InChI is InChI=1S/C26H20N2OS/c1-3-11-20(12-4-1)24(21-13-5-2-6-14-21)25-27-28-26(29-25)30-18-22-16-9-15-19-10-7-8-17-23(19)22/h1-17,24H,18H2. The third kappa shape index (κ3) is 3.87. The van der Waals surface area contributed by atoms with Gasteiger partial charge in [-0.15, -0.1) is 10.2 Å². The first kappa shape index (κ1) is 18.6. The van der Waals surface area contributed by atoms with Crippen LogP contribution in [-0.4, -0.2) is 10.2 Å². The highest BCUT2D eigenvalue weighted by Gasteiger charge is 2.23. The van der Waals surface area contributed by atoms with Crippen LogP contribution in [0.15, 0.2) is 113 Å². The highest BCUT2D eigenvalue weighted by molar-refractivity contribution is 7.98. The summed E-state index contributed by atoms with van der Waals surface area (Å²) in [5, 5.41) is 11.8. The van der Waals surface area contributed by atoms with Gasteiger partial charge in [0.1, 0.15) is 0 Å². The molecule has 1 aromatic heterocycles. The maximum absolute atomic E-state index is 6.13. The van der Waals surface area contributed by atoms with E-state index >= 15 is 0 Å². The van der Waals surface area contributed by atoms with Crippen LogP contribution in [0.4, 0.5) is 0 Å². The molecule has 0 bridgehead atoms. The number of nitrogens with zero attached hydrogens (tertiary/aromatic N) is 2. The van der Waals surface area contributed by atoms with Crippen molar-refractivity contribution in [3.63, 3.8) is 0 Å². The van der Waals surface area contributed by atoms with Crippen LogP contribution < -0.4 is 0 Å². The molecular formula is C26H20N2OS. The minimum Gasteiger partial charge on any atom is -0.415 e. The van der Waals surface area contributed by atoms with Crippen molar-refractivity contribution in [1.29, 1.82) is 0 Å². The van der Waals surface area contributed by atoms with E-state index in [1.165, 1.54) is 16.3 Å². The second-order valence-corrected chi connectivity index (χ2v) is 8.01. The van der Waals surface area contributed by atoms with Crippen LogP contribution in [0.2, 0.25) is 0 Å². The lowest BCUT2D eigenvalue weighted by Crippen LogP contribution is -2.03. The van der Waals surface area contributed by atoms with E-state index in [-0.39, 0.29) is 5.92 Å². The lowest BCUT2D eigenvalue weighted by molar-refractivity contribution is 0.409. The zero-order valence-electron chi connectivity index (χ0n) is 16.3. The molecule has 1 heterocycles. The molecule has 0 unspecified atom stereocenters. The average Bonchev–Trinajstić information content (AvgIpc) is 3.28. The molecule has 0 aliphatic heterocycles. The van der Waals surface area contributed by atoms with Crippen molar-refractivity contribution in [3.8, 4) is 0 Å². The summed E-state index contributed by atoms with van der Waals surface area (Å²) in [6.07, 6.45) is 0. The fraction of sp³-hybridized carbons (Fsp3) is 0.0769. The lowest BCUT2D eigenvalue weighted by Gasteiger charge is -2.13. The quantitative estimate of drug-likeness (QED) is 0.293. The van der Waals surface area contributed by atoms with E-state index in [9.17, 15) is 0 Å². The molecule has 4 heteroatoms. The first-order valence-corrected chi connectivity index (χ1v) is 10.9. The summed E-state index contributed by atoms with van der Waals surface area (Å²) in [7, 11) is 0. The van der Waals surface area contributed by atoms with Gasteiger partial charge in [-0.2, -0.15) is 0 Å². The maximum Gasteiger partial charge on any atom is 0.276 e. The van der Waals surface area contributed by atoms with Gasteiger partial charge in [0.05, 0.1) is 5.92 Å². The van der Waals surface area contributed by atoms with E-state index in [0.29, 0.717) is 11.1 Å². The Kier molecular flexibility index (Phi) is 5.32. The molecule has 3 nitrogen and oxygen atoms in total. The van der Waals surface area contributed by atoms with E-state index in [1.807, 2.05) is 36.4 Å². The van der Waals surface area contributed by atoms with Crippen LogP contribution in [0, 0.1) is 0 Å². The Morgan fingerprint density at radius 3 is 2.03 bits per heavy atom. The number of benzene rings is 4. The molecule has 0 saturated carbocycles. The van der Waals surface area contributed by atoms with Crippen LogP contribution in [0.5, 0.6) is 0 Å². The molecule has 0 aliphatic rings. The monoisotopic (exact) mass is 408 g/mol. The SMILES string of the molecule is c1ccc(C(c2ccccc2)c2nnc(SCc3cccc4ccccc34)o2)cc1. The third-order valence-corrected chi connectivity index (χ3v) is 6.03. The van der Waals surface area contributed by atoms with Gasteiger partial charge in [-0.3, -0.25) is 0 Å². The van der Waals surface area contributed by atoms with Gasteiger partial charge in [0, 0.05) is 5.75 Å². The van der Waals surface area contributed by atoms with E-state index in [4.69, 9.17) is 4.42 Å². The summed E-state index contributed by atoms with van der Waals surface area (Å²) >= 11 is 1.58. The molecular weight excluding hydrogens is 388 g/mol. The van der Waals surface area contributed by atoms with E-state index in [0.717, 1.165) is 16.9 Å². The zero-order chi connectivity index (χ0) is 20.2. The Bertz CT molecular complexity index is 1210. The fourth-order valence-electron chi connectivity index (χ4n) is 3.72. The number of fused-ring (bicyclic) bond motifs is 1. The summed E-state index contributed by atoms with van der Waals surface area (Å²) in [4.78, 5) is 0. The van der Waals surface area contributed by atoms with Crippen LogP contribution in [0.1, 0.15) is 28.5 Å². The average molecular weight is 409 g/mol. The molecule has 0 radical (unpaired) electrons. The first-order valence-electron chi connectivity index (χ1n) is 9.91. The van der Waals surface area contributed by atoms with E-state index in [2.05, 4.69) is 76.9 Å². The van der Waals surface area contributed by atoms with Crippen molar-refractivity contribution in [2.45, 2.75) is 16.9 Å². The van der Waals surface area contributed by atoms with Crippen molar-refractivity contribution in [1.82, 2.24) is 10.2 Å². The van der Waals surface area contributed by atoms with Gasteiger partial charge in [0.15, 0.2) is 0 Å². The highest BCUT2D eigenvalue weighted by Crippen LogP contribution is 2.33. The third-order valence-electron chi connectivity index (χ3n) is 5.17. The Labute approximate surface area is 179 Å². The Hall–Kier alpha value is -3.37. The molecule has 0 aliphatic carbocycles. The van der Waals surface area contributed by atoms with Crippen LogP contribution in [0.25, 0.3) is 10.8 Å². The minimum atomic E-state index is -0.0770. The highest BCUT2D eigenvalue weighted by atomic mass is 32.2. The number of hydrogen-bond donors (Lipinski definition) is 0. The molecule has 0 amide bonds. The largest absolute Gasteiger partial charge is 0.415 e. The summed E-state index contributed by atoms with van der Waals surface area (Å²) in [5.41, 5.74) is 3.54. The Balaban J connectivity index is 1.42. The number of rotatable bonds is 6. The van der Waals surface area contributed by atoms with Gasteiger partial charge in [-0.1, -0.05) is 115 Å². The Morgan fingerprint density at radius 2 is 1.30 bits per heavy atom. The molecule has 0 fully saturated rings. The zero-order valence-corrected chi connectivity index (χ0v) is 17.1. The molecule has 30 heavy (non-hydrogen) atoms. The second kappa shape index (κ2) is 8.56. The van der Waals surface area contributed by atoms with Gasteiger partial charge in [-0.05, 0) is 27.5 Å². The molecule has 5 rings (SSSR count). The van der Waals surface area contributed by atoms with Crippen molar-refractivity contribution >= 4 is 22.5 Å². The van der Waals surface area contributed by atoms with Crippen LogP contribution in [-0.2, 0) is 5.75 Å². The number of thioether (sulfide) groups is 1. The Morgan fingerprint density at radius 1 is 0.667 bits per heavy atom. The molecule has 0 N–H and O–H groups in total. The molecule has 0 spiro atoms. The minimum absolute atomic E-state index is 0.0770. The summed E-state index contributed by atoms with van der Waals surface area (Å²) < 4.78 is 6.13. The molecule has 0 atom stereocenters. The van der Waals surface area contributed by atoms with Gasteiger partial charge < -0.3 is 4.42 Å². The van der Waals surface area contributed by atoms with Gasteiger partial charge in [-0.25, -0.2) is 0 Å². The van der Waals surface area contributed by atoms with Crippen molar-refractivity contribution in [2.75, 3.05) is 0 Å². The van der Waals surface area contributed by atoms with Crippen LogP contribution in [0.3, 0.4) is 0 Å².